The van der Waals surface area contributed by atoms with Gasteiger partial charge in [0.15, 0.2) is 0 Å². The molecular formula is C26H25ClFN7O4. The summed E-state index contributed by atoms with van der Waals surface area (Å²) in [5.74, 6) is -2.03. The van der Waals surface area contributed by atoms with Crippen LogP contribution < -0.4 is 21.3 Å². The summed E-state index contributed by atoms with van der Waals surface area (Å²) in [5.41, 5.74) is 6.02. The summed E-state index contributed by atoms with van der Waals surface area (Å²) < 4.78 is 22.6. The third kappa shape index (κ3) is 5.96. The standard InChI is InChI=1S/C26H25ClFN7O4/c1-3-4-5-22(26(38)31-16-7-8-17(25(29)37)20(28)11-16)34-13-23(39-2)19(12-24(34)36)18-10-15(27)6-9-21(18)35-14-30-32-33-35/h6-14,22H,3-5H2,1-2H3,(H2,29,37)(H,31,38). The van der Waals surface area contributed by atoms with Gasteiger partial charge in [-0.05, 0) is 53.2 Å². The lowest BCUT2D eigenvalue weighted by molar-refractivity contribution is -0.119. The van der Waals surface area contributed by atoms with Gasteiger partial charge in [-0.25, -0.2) is 4.39 Å². The van der Waals surface area contributed by atoms with E-state index in [0.29, 0.717) is 40.4 Å². The molecule has 0 aliphatic heterocycles. The lowest BCUT2D eigenvalue weighted by Gasteiger charge is -2.22. The minimum absolute atomic E-state index is 0.116. The van der Waals surface area contributed by atoms with Gasteiger partial charge in [0.05, 0.1) is 24.6 Å². The topological polar surface area (TPSA) is 147 Å². The van der Waals surface area contributed by atoms with E-state index in [9.17, 15) is 18.8 Å². The first-order valence-electron chi connectivity index (χ1n) is 12.0. The van der Waals surface area contributed by atoms with Crippen LogP contribution in [0.3, 0.4) is 0 Å². The predicted octanol–water partition coefficient (Wildman–Crippen LogP) is 3.76. The Balaban J connectivity index is 1.75. The van der Waals surface area contributed by atoms with Gasteiger partial charge in [-0.3, -0.25) is 19.0 Å². The van der Waals surface area contributed by atoms with Crippen molar-refractivity contribution < 1.29 is 18.7 Å². The second-order valence-corrected chi connectivity index (χ2v) is 9.06. The van der Waals surface area contributed by atoms with Crippen LogP contribution in [0, 0.1) is 5.82 Å². The molecule has 39 heavy (non-hydrogen) atoms. The number of pyridine rings is 1. The zero-order valence-corrected chi connectivity index (χ0v) is 21.9. The molecule has 2 aromatic carbocycles. The van der Waals surface area contributed by atoms with Crippen LogP contribution in [-0.4, -0.2) is 43.7 Å². The van der Waals surface area contributed by atoms with Gasteiger partial charge in [0.2, 0.25) is 5.91 Å². The highest BCUT2D eigenvalue weighted by molar-refractivity contribution is 6.31. The average Bonchev–Trinajstić information content (AvgIpc) is 3.44. The van der Waals surface area contributed by atoms with E-state index in [1.165, 1.54) is 47.1 Å². The maximum atomic E-state index is 14.3. The Morgan fingerprint density at radius 2 is 1.97 bits per heavy atom. The number of anilines is 1. The van der Waals surface area contributed by atoms with Crippen LogP contribution in [0.25, 0.3) is 16.8 Å². The zero-order valence-electron chi connectivity index (χ0n) is 21.1. The molecule has 2 amide bonds. The molecule has 1 atom stereocenters. The fourth-order valence-electron chi connectivity index (χ4n) is 4.15. The SMILES string of the molecule is CCCCC(C(=O)Nc1ccc(C(N)=O)c(F)c1)n1cc(OC)c(-c2cc(Cl)ccc2-n2cnnn2)cc1=O. The van der Waals surface area contributed by atoms with Crippen molar-refractivity contribution in [2.45, 2.75) is 32.2 Å². The number of carbonyl (C=O) groups is 2. The van der Waals surface area contributed by atoms with Crippen molar-refractivity contribution in [3.63, 3.8) is 0 Å². The molecule has 0 saturated carbocycles. The number of aromatic nitrogens is 5. The summed E-state index contributed by atoms with van der Waals surface area (Å²) in [7, 11) is 1.44. The molecule has 0 bridgehead atoms. The van der Waals surface area contributed by atoms with Gasteiger partial charge < -0.3 is 15.8 Å². The van der Waals surface area contributed by atoms with Gasteiger partial charge in [0.1, 0.15) is 23.9 Å². The third-order valence-corrected chi connectivity index (χ3v) is 6.32. The highest BCUT2D eigenvalue weighted by Crippen LogP contribution is 2.35. The van der Waals surface area contributed by atoms with Crippen LogP contribution in [0.5, 0.6) is 5.75 Å². The van der Waals surface area contributed by atoms with E-state index in [4.69, 9.17) is 22.1 Å². The molecule has 4 rings (SSSR count). The molecule has 2 heterocycles. The highest BCUT2D eigenvalue weighted by Gasteiger charge is 2.24. The van der Waals surface area contributed by atoms with E-state index >= 15 is 0 Å². The number of rotatable bonds is 10. The van der Waals surface area contributed by atoms with Gasteiger partial charge in [-0.15, -0.1) is 5.10 Å². The van der Waals surface area contributed by atoms with Crippen molar-refractivity contribution in [3.05, 3.63) is 81.7 Å². The van der Waals surface area contributed by atoms with Crippen LogP contribution in [0.1, 0.15) is 42.6 Å². The van der Waals surface area contributed by atoms with Gasteiger partial charge in [-0.1, -0.05) is 31.4 Å². The first kappa shape index (κ1) is 27.5. The molecule has 13 heteroatoms. The molecule has 0 spiro atoms. The molecule has 0 aliphatic carbocycles. The summed E-state index contributed by atoms with van der Waals surface area (Å²) in [5, 5.41) is 14.3. The van der Waals surface area contributed by atoms with Crippen LogP contribution in [-0.2, 0) is 4.79 Å². The number of halogens is 2. The van der Waals surface area contributed by atoms with Gasteiger partial charge in [0, 0.05) is 27.9 Å². The van der Waals surface area contributed by atoms with Crippen molar-refractivity contribution in [1.29, 1.82) is 0 Å². The number of nitrogens with two attached hydrogens (primary N) is 1. The summed E-state index contributed by atoms with van der Waals surface area (Å²) >= 11 is 6.27. The fourth-order valence-corrected chi connectivity index (χ4v) is 4.33. The Bertz CT molecular complexity index is 1570. The largest absolute Gasteiger partial charge is 0.495 e. The molecule has 4 aromatic rings. The van der Waals surface area contributed by atoms with Gasteiger partial charge in [0.25, 0.3) is 11.5 Å². The second-order valence-electron chi connectivity index (χ2n) is 8.62. The Morgan fingerprint density at radius 1 is 1.18 bits per heavy atom. The Kier molecular flexibility index (Phi) is 8.35. The number of nitrogens with zero attached hydrogens (tertiary/aromatic N) is 5. The lowest BCUT2D eigenvalue weighted by Crippen LogP contribution is -2.33. The molecule has 0 fully saturated rings. The maximum absolute atomic E-state index is 14.3. The summed E-state index contributed by atoms with van der Waals surface area (Å²) in [6.07, 6.45) is 4.61. The number of tetrazole rings is 1. The zero-order chi connectivity index (χ0) is 28.1. The Hall–Kier alpha value is -4.58. The van der Waals surface area contributed by atoms with E-state index in [-0.39, 0.29) is 11.3 Å². The second kappa shape index (κ2) is 11.9. The van der Waals surface area contributed by atoms with Crippen molar-refractivity contribution in [2.75, 3.05) is 12.4 Å². The van der Waals surface area contributed by atoms with Crippen LogP contribution in [0.15, 0.2) is 59.8 Å². The average molecular weight is 554 g/mol. The molecule has 0 radical (unpaired) electrons. The number of methoxy groups -OCH3 is 1. The number of nitrogens with one attached hydrogen (secondary N) is 1. The smallest absolute Gasteiger partial charge is 0.252 e. The summed E-state index contributed by atoms with van der Waals surface area (Å²) in [4.78, 5) is 38.1. The molecule has 11 nitrogen and oxygen atoms in total. The highest BCUT2D eigenvalue weighted by atomic mass is 35.5. The number of primary amides is 1. The minimum Gasteiger partial charge on any atom is -0.495 e. The number of hydrogen-bond acceptors (Lipinski definition) is 7. The van der Waals surface area contributed by atoms with Gasteiger partial charge in [-0.2, -0.15) is 4.68 Å². The van der Waals surface area contributed by atoms with E-state index in [1.54, 1.807) is 18.2 Å². The quantitative estimate of drug-likeness (QED) is 0.304. The molecule has 2 aromatic heterocycles. The number of carbonyl (C=O) groups excluding carboxylic acids is 2. The first-order chi connectivity index (χ1) is 18.7. The molecule has 0 aliphatic rings. The van der Waals surface area contributed by atoms with Crippen LogP contribution in [0.2, 0.25) is 5.02 Å². The normalized spacial score (nSPS) is 11.7. The van der Waals surface area contributed by atoms with E-state index in [0.717, 1.165) is 12.5 Å². The molecule has 3 N–H and O–H groups in total. The number of hydrogen-bond donors (Lipinski definition) is 2. The monoisotopic (exact) mass is 553 g/mol. The van der Waals surface area contributed by atoms with Crippen molar-refractivity contribution >= 4 is 29.1 Å². The van der Waals surface area contributed by atoms with Crippen molar-refractivity contribution in [3.8, 4) is 22.6 Å². The Labute approximate surface area is 227 Å². The predicted molar refractivity (Wildman–Crippen MR) is 143 cm³/mol. The molecule has 202 valence electrons. The number of amides is 2. The van der Waals surface area contributed by atoms with E-state index in [1.807, 2.05) is 6.92 Å². The lowest BCUT2D eigenvalue weighted by atomic mass is 10.0. The fraction of sp³-hybridized carbons (Fsp3) is 0.231. The first-order valence-corrected chi connectivity index (χ1v) is 12.3. The van der Waals surface area contributed by atoms with Crippen LogP contribution >= 0.6 is 11.6 Å². The summed E-state index contributed by atoms with van der Waals surface area (Å²) in [6, 6.07) is 9.00. The minimum atomic E-state index is -0.933. The van der Waals surface area contributed by atoms with Crippen molar-refractivity contribution in [2.24, 2.45) is 5.73 Å². The third-order valence-electron chi connectivity index (χ3n) is 6.08. The number of benzene rings is 2. The van der Waals surface area contributed by atoms with Crippen LogP contribution in [0.4, 0.5) is 10.1 Å². The molecular weight excluding hydrogens is 529 g/mol. The molecule has 0 saturated heterocycles. The Morgan fingerprint density at radius 3 is 2.62 bits per heavy atom. The maximum Gasteiger partial charge on any atom is 0.252 e. The van der Waals surface area contributed by atoms with Crippen molar-refractivity contribution in [1.82, 2.24) is 24.8 Å². The number of ether oxygens (including phenoxy) is 1. The molecule has 1 unspecified atom stereocenters. The number of unbranched alkanes of at least 4 members (excludes halogenated alkanes) is 1. The van der Waals surface area contributed by atoms with Gasteiger partial charge >= 0.3 is 0 Å². The van der Waals surface area contributed by atoms with E-state index < -0.39 is 29.2 Å². The van der Waals surface area contributed by atoms with E-state index in [2.05, 4.69) is 20.8 Å². The summed E-state index contributed by atoms with van der Waals surface area (Å²) in [6.45, 7) is 1.96.